The number of aryl methyl sites for hydroxylation is 2. The zero-order valence-electron chi connectivity index (χ0n) is 17.7. The first-order valence-corrected chi connectivity index (χ1v) is 11.3. The number of hydrogen-bond donors (Lipinski definition) is 2. The zero-order chi connectivity index (χ0) is 23.5. The lowest BCUT2D eigenvalue weighted by Gasteiger charge is -2.09. The first-order valence-electron chi connectivity index (χ1n) is 10.4. The summed E-state index contributed by atoms with van der Waals surface area (Å²) in [5, 5.41) is 7.55. The van der Waals surface area contributed by atoms with Gasteiger partial charge in [0.2, 0.25) is 5.95 Å². The van der Waals surface area contributed by atoms with Crippen LogP contribution in [0.25, 0.3) is 11.0 Å². The molecular weight excluding hydrogens is 458 g/mol. The van der Waals surface area contributed by atoms with Gasteiger partial charge in [-0.15, -0.1) is 11.3 Å². The molecule has 3 heterocycles. The number of aromatic nitrogens is 4. The molecule has 10 heteroatoms. The summed E-state index contributed by atoms with van der Waals surface area (Å²) in [6, 6.07) is 16.5. The van der Waals surface area contributed by atoms with Crippen molar-refractivity contribution in [3.8, 4) is 0 Å². The van der Waals surface area contributed by atoms with E-state index < -0.39 is 17.5 Å². The van der Waals surface area contributed by atoms with Crippen molar-refractivity contribution in [1.29, 1.82) is 0 Å². The van der Waals surface area contributed by atoms with Crippen molar-refractivity contribution in [2.45, 2.75) is 13.0 Å². The SMILES string of the molecule is O=C(Nc1nc2ccccc2n1CCc1ccccn1)c1csc(Nc2cc(F)cc(F)c2)n1. The molecule has 0 spiro atoms. The van der Waals surface area contributed by atoms with Crippen molar-refractivity contribution in [1.82, 2.24) is 19.5 Å². The molecule has 2 N–H and O–H groups in total. The molecule has 34 heavy (non-hydrogen) atoms. The molecule has 0 bridgehead atoms. The predicted octanol–water partition coefficient (Wildman–Crippen LogP) is 5.40. The van der Waals surface area contributed by atoms with Crippen LogP contribution < -0.4 is 10.6 Å². The molecule has 0 aliphatic heterocycles. The van der Waals surface area contributed by atoms with Crippen LogP contribution in [0.15, 0.2) is 72.2 Å². The molecular formula is C24H18F2N6OS. The quantitative estimate of drug-likeness (QED) is 0.328. The first-order chi connectivity index (χ1) is 16.5. The van der Waals surface area contributed by atoms with Crippen LogP contribution in [-0.4, -0.2) is 25.4 Å². The number of nitrogens with zero attached hydrogens (tertiary/aromatic N) is 4. The van der Waals surface area contributed by atoms with Gasteiger partial charge >= 0.3 is 0 Å². The number of fused-ring (bicyclic) bond motifs is 1. The number of halogens is 2. The van der Waals surface area contributed by atoms with Crippen LogP contribution in [0.3, 0.4) is 0 Å². The van der Waals surface area contributed by atoms with E-state index in [-0.39, 0.29) is 11.4 Å². The molecule has 0 unspecified atom stereocenters. The van der Waals surface area contributed by atoms with Crippen LogP contribution in [0.2, 0.25) is 0 Å². The summed E-state index contributed by atoms with van der Waals surface area (Å²) < 4.78 is 28.8. The maximum absolute atomic E-state index is 13.4. The topological polar surface area (TPSA) is 84.7 Å². The molecule has 0 saturated heterocycles. The number of carbonyl (C=O) groups is 1. The third kappa shape index (κ3) is 4.76. The number of thiazole rings is 1. The Kier molecular flexibility index (Phi) is 5.96. The van der Waals surface area contributed by atoms with E-state index in [0.29, 0.717) is 24.0 Å². The van der Waals surface area contributed by atoms with E-state index in [1.54, 1.807) is 11.6 Å². The summed E-state index contributed by atoms with van der Waals surface area (Å²) in [6.07, 6.45) is 2.41. The molecule has 1 amide bonds. The van der Waals surface area contributed by atoms with Gasteiger partial charge in [0.1, 0.15) is 17.3 Å². The highest BCUT2D eigenvalue weighted by Gasteiger charge is 2.17. The monoisotopic (exact) mass is 476 g/mol. The van der Waals surface area contributed by atoms with Gasteiger partial charge < -0.3 is 9.88 Å². The first kappa shape index (κ1) is 21.7. The second-order valence-corrected chi connectivity index (χ2v) is 8.28. The van der Waals surface area contributed by atoms with E-state index in [2.05, 4.69) is 25.6 Å². The maximum Gasteiger partial charge on any atom is 0.277 e. The third-order valence-electron chi connectivity index (χ3n) is 5.05. The third-order valence-corrected chi connectivity index (χ3v) is 5.81. The Morgan fingerprint density at radius 3 is 2.59 bits per heavy atom. The van der Waals surface area contributed by atoms with Crippen molar-refractivity contribution in [2.24, 2.45) is 0 Å². The fourth-order valence-corrected chi connectivity index (χ4v) is 4.23. The van der Waals surface area contributed by atoms with Gasteiger partial charge in [0.25, 0.3) is 5.91 Å². The highest BCUT2D eigenvalue weighted by molar-refractivity contribution is 7.14. The number of amides is 1. The Balaban J connectivity index is 1.35. The average molecular weight is 477 g/mol. The lowest BCUT2D eigenvalue weighted by atomic mass is 10.2. The van der Waals surface area contributed by atoms with Crippen molar-refractivity contribution in [3.05, 3.63) is 95.3 Å². The minimum Gasteiger partial charge on any atom is -0.331 e. The summed E-state index contributed by atoms with van der Waals surface area (Å²) in [5.74, 6) is -1.45. The van der Waals surface area contributed by atoms with Crippen LogP contribution in [-0.2, 0) is 13.0 Å². The van der Waals surface area contributed by atoms with Crippen molar-refractivity contribution in [3.63, 3.8) is 0 Å². The summed E-state index contributed by atoms with van der Waals surface area (Å²) >= 11 is 1.15. The van der Waals surface area contributed by atoms with Gasteiger partial charge in [-0.05, 0) is 36.4 Å². The highest BCUT2D eigenvalue weighted by Crippen LogP contribution is 2.24. The molecule has 5 rings (SSSR count). The number of rotatable bonds is 7. The number of benzene rings is 2. The number of pyridine rings is 1. The number of para-hydroxylation sites is 2. The highest BCUT2D eigenvalue weighted by atomic mass is 32.1. The molecule has 2 aromatic carbocycles. The Morgan fingerprint density at radius 2 is 1.79 bits per heavy atom. The minimum absolute atomic E-state index is 0.160. The van der Waals surface area contributed by atoms with Crippen LogP contribution in [0.4, 0.5) is 25.5 Å². The van der Waals surface area contributed by atoms with Gasteiger partial charge in [-0.3, -0.25) is 15.1 Å². The molecule has 0 saturated carbocycles. The van der Waals surface area contributed by atoms with Gasteiger partial charge in [-0.25, -0.2) is 18.7 Å². The number of imidazole rings is 1. The fourth-order valence-electron chi connectivity index (χ4n) is 3.52. The van der Waals surface area contributed by atoms with Gasteiger partial charge in [0.15, 0.2) is 5.13 Å². The Hall–Kier alpha value is -4.18. The minimum atomic E-state index is -0.707. The summed E-state index contributed by atoms with van der Waals surface area (Å²) in [7, 11) is 0. The van der Waals surface area contributed by atoms with Crippen molar-refractivity contribution < 1.29 is 13.6 Å². The zero-order valence-corrected chi connectivity index (χ0v) is 18.5. The van der Waals surface area contributed by atoms with E-state index in [1.807, 2.05) is 47.0 Å². The van der Waals surface area contributed by atoms with Crippen molar-refractivity contribution in [2.75, 3.05) is 10.6 Å². The Morgan fingerprint density at radius 1 is 1.00 bits per heavy atom. The van der Waals surface area contributed by atoms with Crippen LogP contribution >= 0.6 is 11.3 Å². The molecule has 170 valence electrons. The molecule has 0 aliphatic rings. The lowest BCUT2D eigenvalue weighted by molar-refractivity contribution is 0.102. The van der Waals surface area contributed by atoms with E-state index in [4.69, 9.17) is 0 Å². The van der Waals surface area contributed by atoms with E-state index >= 15 is 0 Å². The molecule has 3 aromatic heterocycles. The Bertz CT molecular complexity index is 1450. The maximum atomic E-state index is 13.4. The fraction of sp³-hybridized carbons (Fsp3) is 0.0833. The summed E-state index contributed by atoms with van der Waals surface area (Å²) in [5.41, 5.74) is 2.94. The largest absolute Gasteiger partial charge is 0.331 e. The molecule has 5 aromatic rings. The number of hydrogen-bond acceptors (Lipinski definition) is 6. The second-order valence-electron chi connectivity index (χ2n) is 7.42. The lowest BCUT2D eigenvalue weighted by Crippen LogP contribution is -2.17. The van der Waals surface area contributed by atoms with E-state index in [0.717, 1.165) is 46.3 Å². The Labute approximate surface area is 197 Å². The summed E-state index contributed by atoms with van der Waals surface area (Å²) in [4.78, 5) is 26.1. The van der Waals surface area contributed by atoms with Crippen LogP contribution in [0.1, 0.15) is 16.2 Å². The number of anilines is 3. The predicted molar refractivity (Wildman–Crippen MR) is 127 cm³/mol. The smallest absolute Gasteiger partial charge is 0.277 e. The molecule has 7 nitrogen and oxygen atoms in total. The van der Waals surface area contributed by atoms with E-state index in [9.17, 15) is 13.6 Å². The van der Waals surface area contributed by atoms with Crippen LogP contribution in [0.5, 0.6) is 0 Å². The van der Waals surface area contributed by atoms with Gasteiger partial charge in [0, 0.05) is 42.0 Å². The van der Waals surface area contributed by atoms with Gasteiger partial charge in [0.05, 0.1) is 11.0 Å². The van der Waals surface area contributed by atoms with Gasteiger partial charge in [-0.1, -0.05) is 18.2 Å². The number of nitrogens with one attached hydrogen (secondary N) is 2. The average Bonchev–Trinajstić information content (AvgIpc) is 3.42. The van der Waals surface area contributed by atoms with Crippen LogP contribution in [0, 0.1) is 11.6 Å². The normalized spacial score (nSPS) is 11.0. The molecule has 0 aliphatic carbocycles. The number of carbonyl (C=O) groups excluding carboxylic acids is 1. The van der Waals surface area contributed by atoms with E-state index in [1.165, 1.54) is 0 Å². The van der Waals surface area contributed by atoms with Gasteiger partial charge in [-0.2, -0.15) is 0 Å². The molecule has 0 radical (unpaired) electrons. The van der Waals surface area contributed by atoms with Crippen molar-refractivity contribution >= 4 is 45.0 Å². The summed E-state index contributed by atoms with van der Waals surface area (Å²) in [6.45, 7) is 0.572. The second kappa shape index (κ2) is 9.36. The molecule has 0 fully saturated rings. The molecule has 0 atom stereocenters. The standard InChI is InChI=1S/C24H18F2N6OS/c25-15-11-16(26)13-18(12-15)28-24-30-20(14-34-24)22(33)31-23-29-19-6-1-2-7-21(19)32(23)10-8-17-5-3-4-9-27-17/h1-7,9,11-14H,8,10H2,(H,28,30)(H,29,31,33).